The maximum Gasteiger partial charge on any atom is 0.267 e. The molecule has 0 atom stereocenters. The molecule has 0 bridgehead atoms. The Labute approximate surface area is 120 Å². The predicted octanol–water partition coefficient (Wildman–Crippen LogP) is 2.47. The fourth-order valence-corrected chi connectivity index (χ4v) is 3.07. The van der Waals surface area contributed by atoms with Gasteiger partial charge < -0.3 is 5.32 Å². The van der Waals surface area contributed by atoms with Gasteiger partial charge in [0.25, 0.3) is 10.0 Å². The van der Waals surface area contributed by atoms with E-state index in [1.54, 1.807) is 24.3 Å². The molecule has 0 saturated carbocycles. The Kier molecular flexibility index (Phi) is 4.62. The summed E-state index contributed by atoms with van der Waals surface area (Å²) in [6.45, 7) is 6.00. The molecule has 20 heavy (non-hydrogen) atoms. The van der Waals surface area contributed by atoms with Crippen LogP contribution in [0.2, 0.25) is 0 Å². The van der Waals surface area contributed by atoms with Crippen LogP contribution in [0.25, 0.3) is 0 Å². The number of benzene rings is 1. The van der Waals surface area contributed by atoms with E-state index in [-0.39, 0.29) is 0 Å². The molecule has 2 rings (SSSR count). The summed E-state index contributed by atoms with van der Waals surface area (Å²) in [5.41, 5.74) is 1.08. The summed E-state index contributed by atoms with van der Waals surface area (Å²) in [5, 5.41) is 3.33. The van der Waals surface area contributed by atoms with Crippen molar-refractivity contribution in [1.29, 1.82) is 0 Å². The van der Waals surface area contributed by atoms with E-state index in [1.165, 1.54) is 16.4 Å². The van der Waals surface area contributed by atoms with E-state index < -0.39 is 10.0 Å². The maximum absolute atomic E-state index is 12.3. The molecule has 1 heterocycles. The first kappa shape index (κ1) is 14.8. The molecule has 2 aromatic rings. The number of nitrogens with one attached hydrogen (secondary N) is 1. The van der Waals surface area contributed by atoms with E-state index in [1.807, 2.05) is 12.1 Å². The van der Waals surface area contributed by atoms with Crippen LogP contribution in [0.1, 0.15) is 19.4 Å². The monoisotopic (exact) mass is 292 g/mol. The van der Waals surface area contributed by atoms with Gasteiger partial charge in [0, 0.05) is 18.9 Å². The molecule has 0 unspecified atom stereocenters. The molecule has 108 valence electrons. The van der Waals surface area contributed by atoms with Crippen molar-refractivity contribution < 1.29 is 8.42 Å². The second-order valence-corrected chi connectivity index (χ2v) is 7.03. The van der Waals surface area contributed by atoms with Gasteiger partial charge in [-0.15, -0.1) is 0 Å². The molecular weight excluding hydrogens is 272 g/mol. The maximum atomic E-state index is 12.3. The Morgan fingerprint density at radius 3 is 2.25 bits per heavy atom. The van der Waals surface area contributed by atoms with Gasteiger partial charge in [-0.3, -0.25) is 0 Å². The first-order chi connectivity index (χ1) is 9.50. The minimum absolute atomic E-state index is 0.307. The highest BCUT2D eigenvalue weighted by Gasteiger charge is 2.14. The van der Waals surface area contributed by atoms with Crippen molar-refractivity contribution >= 4 is 10.0 Å². The summed E-state index contributed by atoms with van der Waals surface area (Å²) in [6, 6.07) is 10.4. The highest BCUT2D eigenvalue weighted by atomic mass is 32.2. The zero-order valence-corrected chi connectivity index (χ0v) is 12.6. The van der Waals surface area contributed by atoms with Gasteiger partial charge in [-0.2, -0.15) is 0 Å². The van der Waals surface area contributed by atoms with Crippen LogP contribution in [0, 0.1) is 5.92 Å². The molecule has 0 amide bonds. The minimum atomic E-state index is -3.45. The summed E-state index contributed by atoms with van der Waals surface area (Å²) in [7, 11) is -3.45. The summed E-state index contributed by atoms with van der Waals surface area (Å²) in [5.74, 6) is 0.600. The van der Waals surface area contributed by atoms with Gasteiger partial charge in [0.2, 0.25) is 0 Å². The lowest BCUT2D eigenvalue weighted by molar-refractivity contribution is 0.552. The first-order valence-electron chi connectivity index (χ1n) is 6.68. The van der Waals surface area contributed by atoms with Crippen LogP contribution in [-0.4, -0.2) is 18.9 Å². The summed E-state index contributed by atoms with van der Waals surface area (Å²) < 4.78 is 25.7. The molecule has 0 saturated heterocycles. The molecule has 0 aliphatic rings. The lowest BCUT2D eigenvalue weighted by atomic mass is 10.2. The molecule has 0 aliphatic carbocycles. The molecule has 1 aromatic heterocycles. The fourth-order valence-electron chi connectivity index (χ4n) is 1.89. The van der Waals surface area contributed by atoms with Gasteiger partial charge in [-0.25, -0.2) is 12.4 Å². The number of hydrogen-bond acceptors (Lipinski definition) is 3. The van der Waals surface area contributed by atoms with Gasteiger partial charge >= 0.3 is 0 Å². The number of hydrogen-bond donors (Lipinski definition) is 1. The molecule has 4 nitrogen and oxygen atoms in total. The number of nitrogens with zero attached hydrogens (tertiary/aromatic N) is 1. The molecule has 0 radical (unpaired) electrons. The van der Waals surface area contributed by atoms with Crippen molar-refractivity contribution in [2.75, 3.05) is 6.54 Å². The summed E-state index contributed by atoms with van der Waals surface area (Å²) in [4.78, 5) is 0.307. The van der Waals surface area contributed by atoms with Crippen molar-refractivity contribution in [3.05, 3.63) is 54.4 Å². The summed E-state index contributed by atoms with van der Waals surface area (Å²) in [6.07, 6.45) is 3.07. The summed E-state index contributed by atoms with van der Waals surface area (Å²) >= 11 is 0. The Morgan fingerprint density at radius 1 is 1.10 bits per heavy atom. The average molecular weight is 292 g/mol. The highest BCUT2D eigenvalue weighted by Crippen LogP contribution is 2.14. The number of aromatic nitrogens is 1. The predicted molar refractivity (Wildman–Crippen MR) is 80.0 cm³/mol. The zero-order chi connectivity index (χ0) is 14.6. The quantitative estimate of drug-likeness (QED) is 0.890. The zero-order valence-electron chi connectivity index (χ0n) is 11.8. The van der Waals surface area contributed by atoms with Crippen LogP contribution in [0.4, 0.5) is 0 Å². The number of rotatable bonds is 6. The van der Waals surface area contributed by atoms with Crippen LogP contribution in [0.3, 0.4) is 0 Å². The van der Waals surface area contributed by atoms with Gasteiger partial charge in [0.15, 0.2) is 0 Å². The van der Waals surface area contributed by atoms with Crippen LogP contribution in [-0.2, 0) is 16.6 Å². The van der Waals surface area contributed by atoms with Crippen molar-refractivity contribution in [1.82, 2.24) is 9.29 Å². The second kappa shape index (κ2) is 6.24. The Bertz CT molecular complexity index is 629. The second-order valence-electron chi connectivity index (χ2n) is 5.19. The Balaban J connectivity index is 2.09. The lowest BCUT2D eigenvalue weighted by Crippen LogP contribution is -2.19. The van der Waals surface area contributed by atoms with Crippen molar-refractivity contribution in [2.45, 2.75) is 25.3 Å². The molecular formula is C15H20N2O2S. The van der Waals surface area contributed by atoms with Crippen LogP contribution in [0.5, 0.6) is 0 Å². The molecule has 0 aliphatic heterocycles. The van der Waals surface area contributed by atoms with Crippen molar-refractivity contribution in [2.24, 2.45) is 5.92 Å². The topological polar surface area (TPSA) is 51.1 Å². The normalized spacial score (nSPS) is 11.9. The van der Waals surface area contributed by atoms with E-state index in [0.717, 1.165) is 18.7 Å². The standard InChI is InChI=1S/C15H20N2O2S/c1-13(2)11-16-12-14-5-7-15(8-6-14)20(18,19)17-9-3-4-10-17/h3-10,13,16H,11-12H2,1-2H3. The van der Waals surface area contributed by atoms with E-state index in [2.05, 4.69) is 19.2 Å². The van der Waals surface area contributed by atoms with Gasteiger partial charge in [-0.05, 0) is 42.3 Å². The SMILES string of the molecule is CC(C)CNCc1ccc(S(=O)(=O)n2cccc2)cc1. The fraction of sp³-hybridized carbons (Fsp3) is 0.333. The third-order valence-corrected chi connectivity index (χ3v) is 4.62. The molecule has 0 fully saturated rings. The molecule has 0 spiro atoms. The Morgan fingerprint density at radius 2 is 1.70 bits per heavy atom. The smallest absolute Gasteiger partial charge is 0.267 e. The Hall–Kier alpha value is -1.59. The van der Waals surface area contributed by atoms with Crippen LogP contribution < -0.4 is 5.32 Å². The minimum Gasteiger partial charge on any atom is -0.312 e. The van der Waals surface area contributed by atoms with E-state index in [4.69, 9.17) is 0 Å². The third kappa shape index (κ3) is 3.49. The van der Waals surface area contributed by atoms with Crippen LogP contribution >= 0.6 is 0 Å². The third-order valence-electron chi connectivity index (χ3n) is 2.96. The largest absolute Gasteiger partial charge is 0.312 e. The molecule has 5 heteroatoms. The molecule has 1 N–H and O–H groups in total. The van der Waals surface area contributed by atoms with E-state index in [0.29, 0.717) is 10.8 Å². The van der Waals surface area contributed by atoms with E-state index in [9.17, 15) is 8.42 Å². The lowest BCUT2D eigenvalue weighted by Gasteiger charge is -2.09. The van der Waals surface area contributed by atoms with Gasteiger partial charge in [0.1, 0.15) is 0 Å². The first-order valence-corrected chi connectivity index (χ1v) is 8.12. The van der Waals surface area contributed by atoms with Gasteiger partial charge in [0.05, 0.1) is 4.90 Å². The van der Waals surface area contributed by atoms with E-state index >= 15 is 0 Å². The highest BCUT2D eigenvalue weighted by molar-refractivity contribution is 7.90. The van der Waals surface area contributed by atoms with Crippen LogP contribution in [0.15, 0.2) is 53.7 Å². The van der Waals surface area contributed by atoms with Crippen molar-refractivity contribution in [3.8, 4) is 0 Å². The van der Waals surface area contributed by atoms with Crippen molar-refractivity contribution in [3.63, 3.8) is 0 Å². The van der Waals surface area contributed by atoms with Gasteiger partial charge in [-0.1, -0.05) is 26.0 Å². The molecule has 1 aromatic carbocycles. The average Bonchev–Trinajstić information content (AvgIpc) is 2.93.